The number of hydrogen-bond donors (Lipinski definition) is 0. The molecular weight excluding hydrogens is 312 g/mol. The Morgan fingerprint density at radius 2 is 1.57 bits per heavy atom. The first kappa shape index (κ1) is 17.0. The lowest BCUT2D eigenvalue weighted by Gasteiger charge is -2.12. The van der Waals surface area contributed by atoms with Gasteiger partial charge in [0.1, 0.15) is 0 Å². The average Bonchev–Trinajstić information content (AvgIpc) is 2.55. The van der Waals surface area contributed by atoms with Crippen LogP contribution < -0.4 is 0 Å². The van der Waals surface area contributed by atoms with Crippen molar-refractivity contribution < 1.29 is 17.9 Å². The van der Waals surface area contributed by atoms with Gasteiger partial charge < -0.3 is 4.74 Å². The molecule has 2 rings (SSSR count). The second-order valence-electron chi connectivity index (χ2n) is 5.16. The summed E-state index contributed by atoms with van der Waals surface area (Å²) in [6.45, 7) is 1.78. The minimum absolute atomic E-state index is 0.214. The smallest absolute Gasteiger partial charge is 0.338 e. The van der Waals surface area contributed by atoms with Crippen LogP contribution in [-0.4, -0.2) is 27.8 Å². The van der Waals surface area contributed by atoms with Gasteiger partial charge in [-0.1, -0.05) is 42.5 Å². The minimum Gasteiger partial charge on any atom is -0.465 e. The van der Waals surface area contributed by atoms with Crippen LogP contribution in [-0.2, 0) is 19.4 Å². The summed E-state index contributed by atoms with van der Waals surface area (Å²) in [6.07, 6.45) is 1.16. The highest BCUT2D eigenvalue weighted by atomic mass is 32.2. The molecule has 0 amide bonds. The third-order valence-electron chi connectivity index (χ3n) is 3.52. The standard InChI is InChI=1S/C18H18O4S/c1-13(15-10-7-11-16(12-15)23(3,20)21)17(18(19)22-2)14-8-5-4-6-9-14/h4-12H,1-3H3/b17-13-. The Kier molecular flexibility index (Phi) is 5.01. The van der Waals surface area contributed by atoms with Crippen LogP contribution in [0.25, 0.3) is 11.1 Å². The third kappa shape index (κ3) is 3.87. The highest BCUT2D eigenvalue weighted by molar-refractivity contribution is 7.90. The average molecular weight is 330 g/mol. The molecule has 0 aliphatic rings. The molecule has 0 heterocycles. The zero-order valence-electron chi connectivity index (χ0n) is 13.2. The number of sulfone groups is 1. The fourth-order valence-corrected chi connectivity index (χ4v) is 2.97. The molecule has 0 saturated carbocycles. The fourth-order valence-electron chi connectivity index (χ4n) is 2.30. The summed E-state index contributed by atoms with van der Waals surface area (Å²) in [7, 11) is -1.99. The Balaban J connectivity index is 2.66. The van der Waals surface area contributed by atoms with Crippen molar-refractivity contribution in [1.82, 2.24) is 0 Å². The van der Waals surface area contributed by atoms with E-state index in [2.05, 4.69) is 0 Å². The van der Waals surface area contributed by atoms with E-state index in [1.165, 1.54) is 13.2 Å². The van der Waals surface area contributed by atoms with Gasteiger partial charge in [0.15, 0.2) is 9.84 Å². The SMILES string of the molecule is COC(=O)/C(=C(/C)c1cccc(S(C)(=O)=O)c1)c1ccccc1. The number of benzene rings is 2. The largest absolute Gasteiger partial charge is 0.465 e. The lowest BCUT2D eigenvalue weighted by atomic mass is 9.96. The highest BCUT2D eigenvalue weighted by Crippen LogP contribution is 2.28. The predicted octanol–water partition coefficient (Wildman–Crippen LogP) is 3.19. The third-order valence-corrected chi connectivity index (χ3v) is 4.63. The van der Waals surface area contributed by atoms with Crippen molar-refractivity contribution in [2.45, 2.75) is 11.8 Å². The van der Waals surface area contributed by atoms with Crippen molar-refractivity contribution in [1.29, 1.82) is 0 Å². The number of esters is 1. The van der Waals surface area contributed by atoms with E-state index in [0.717, 1.165) is 11.8 Å². The number of hydrogen-bond acceptors (Lipinski definition) is 4. The molecule has 0 N–H and O–H groups in total. The van der Waals surface area contributed by atoms with Gasteiger partial charge in [0.05, 0.1) is 17.6 Å². The summed E-state index contributed by atoms with van der Waals surface area (Å²) in [5.41, 5.74) is 2.46. The molecule has 0 bridgehead atoms. The van der Waals surface area contributed by atoms with Crippen molar-refractivity contribution in [2.75, 3.05) is 13.4 Å². The Hall–Kier alpha value is -2.40. The van der Waals surface area contributed by atoms with Gasteiger partial charge in [-0.2, -0.15) is 0 Å². The Labute approximate surface area is 136 Å². The molecule has 0 radical (unpaired) electrons. The molecule has 0 aromatic heterocycles. The maximum atomic E-state index is 12.2. The van der Waals surface area contributed by atoms with Gasteiger partial charge in [0.25, 0.3) is 0 Å². The quantitative estimate of drug-likeness (QED) is 0.491. The van der Waals surface area contributed by atoms with Crippen molar-refractivity contribution in [3.05, 3.63) is 65.7 Å². The highest BCUT2D eigenvalue weighted by Gasteiger charge is 2.17. The topological polar surface area (TPSA) is 60.4 Å². The van der Waals surface area contributed by atoms with Crippen LogP contribution in [0.4, 0.5) is 0 Å². The number of rotatable bonds is 4. The Bertz CT molecular complexity index is 850. The summed E-state index contributed by atoms with van der Waals surface area (Å²) in [5, 5.41) is 0. The zero-order chi connectivity index (χ0) is 17.0. The number of carbonyl (C=O) groups is 1. The van der Waals surface area contributed by atoms with Gasteiger partial charge >= 0.3 is 5.97 Å². The van der Waals surface area contributed by atoms with Crippen LogP contribution in [0.1, 0.15) is 18.1 Å². The first-order chi connectivity index (χ1) is 10.8. The van der Waals surface area contributed by atoms with Crippen LogP contribution in [0.2, 0.25) is 0 Å². The van der Waals surface area contributed by atoms with Gasteiger partial charge in [-0.05, 0) is 35.8 Å². The summed E-state index contributed by atoms with van der Waals surface area (Å²) < 4.78 is 28.4. The fraction of sp³-hybridized carbons (Fsp3) is 0.167. The van der Waals surface area contributed by atoms with Crippen LogP contribution in [0.3, 0.4) is 0 Å². The molecular formula is C18H18O4S. The van der Waals surface area contributed by atoms with Crippen LogP contribution >= 0.6 is 0 Å². The molecule has 0 aliphatic heterocycles. The molecule has 0 saturated heterocycles. The maximum Gasteiger partial charge on any atom is 0.338 e. The molecule has 2 aromatic rings. The number of carbonyl (C=O) groups excluding carboxylic acids is 1. The van der Waals surface area contributed by atoms with E-state index >= 15 is 0 Å². The first-order valence-corrected chi connectivity index (χ1v) is 8.89. The van der Waals surface area contributed by atoms with Crippen molar-refractivity contribution in [2.24, 2.45) is 0 Å². The molecule has 2 aromatic carbocycles. The minimum atomic E-state index is -3.31. The number of ether oxygens (including phenoxy) is 1. The second kappa shape index (κ2) is 6.79. The number of methoxy groups -OCH3 is 1. The monoisotopic (exact) mass is 330 g/mol. The Morgan fingerprint density at radius 1 is 0.957 bits per heavy atom. The van der Waals surface area contributed by atoms with E-state index in [4.69, 9.17) is 4.74 Å². The van der Waals surface area contributed by atoms with Crippen molar-refractivity contribution in [3.63, 3.8) is 0 Å². The lowest BCUT2D eigenvalue weighted by molar-refractivity contribution is -0.133. The second-order valence-corrected chi connectivity index (χ2v) is 7.17. The van der Waals surface area contributed by atoms with E-state index in [0.29, 0.717) is 16.7 Å². The van der Waals surface area contributed by atoms with E-state index in [9.17, 15) is 13.2 Å². The van der Waals surface area contributed by atoms with Gasteiger partial charge in [-0.25, -0.2) is 13.2 Å². The van der Waals surface area contributed by atoms with Crippen LogP contribution in [0.15, 0.2) is 59.5 Å². The van der Waals surface area contributed by atoms with Gasteiger partial charge in [-0.15, -0.1) is 0 Å². The van der Waals surface area contributed by atoms with Crippen LogP contribution in [0, 0.1) is 0 Å². The van der Waals surface area contributed by atoms with Crippen molar-refractivity contribution >= 4 is 27.0 Å². The molecule has 120 valence electrons. The summed E-state index contributed by atoms with van der Waals surface area (Å²) >= 11 is 0. The molecule has 4 nitrogen and oxygen atoms in total. The molecule has 0 atom stereocenters. The summed E-state index contributed by atoms with van der Waals surface area (Å²) in [5.74, 6) is -0.460. The van der Waals surface area contributed by atoms with E-state index in [1.54, 1.807) is 25.1 Å². The molecule has 0 fully saturated rings. The lowest BCUT2D eigenvalue weighted by Crippen LogP contribution is -2.06. The van der Waals surface area contributed by atoms with Gasteiger partial charge in [0.2, 0.25) is 0 Å². The van der Waals surface area contributed by atoms with Crippen LogP contribution in [0.5, 0.6) is 0 Å². The molecule has 0 aliphatic carbocycles. The van der Waals surface area contributed by atoms with Crippen molar-refractivity contribution in [3.8, 4) is 0 Å². The summed E-state index contributed by atoms with van der Waals surface area (Å²) in [4.78, 5) is 12.4. The first-order valence-electron chi connectivity index (χ1n) is 6.99. The molecule has 0 spiro atoms. The number of allylic oxidation sites excluding steroid dienone is 1. The summed E-state index contributed by atoms with van der Waals surface area (Å²) in [6, 6.07) is 15.7. The van der Waals surface area contributed by atoms with E-state index in [-0.39, 0.29) is 4.90 Å². The molecule has 23 heavy (non-hydrogen) atoms. The molecule has 5 heteroatoms. The zero-order valence-corrected chi connectivity index (χ0v) is 14.1. The van der Waals surface area contributed by atoms with E-state index < -0.39 is 15.8 Å². The Morgan fingerprint density at radius 3 is 2.13 bits per heavy atom. The maximum absolute atomic E-state index is 12.2. The van der Waals surface area contributed by atoms with E-state index in [1.807, 2.05) is 30.3 Å². The van der Waals surface area contributed by atoms with Gasteiger partial charge in [-0.3, -0.25) is 0 Å². The predicted molar refractivity (Wildman–Crippen MR) is 90.5 cm³/mol. The normalized spacial score (nSPS) is 12.5. The van der Waals surface area contributed by atoms with Gasteiger partial charge in [0, 0.05) is 6.26 Å². The molecule has 0 unspecified atom stereocenters.